The first kappa shape index (κ1) is 14.8. The maximum atomic E-state index is 11.4. The Morgan fingerprint density at radius 2 is 2.10 bits per heavy atom. The number of carboxylic acids is 1. The van der Waals surface area contributed by atoms with Crippen molar-refractivity contribution in [3.05, 3.63) is 22.2 Å². The molecule has 2 N–H and O–H groups in total. The Hall–Kier alpha value is -1.56. The van der Waals surface area contributed by atoms with E-state index in [1.54, 1.807) is 6.07 Å². The maximum absolute atomic E-state index is 11.4. The highest BCUT2D eigenvalue weighted by molar-refractivity contribution is 9.10. The number of methoxy groups -OCH3 is 1. The summed E-state index contributed by atoms with van der Waals surface area (Å²) >= 11 is 3.47. The van der Waals surface area contributed by atoms with Crippen LogP contribution in [0.1, 0.15) is 31.7 Å². The van der Waals surface area contributed by atoms with Crippen molar-refractivity contribution in [1.29, 1.82) is 0 Å². The van der Waals surface area contributed by atoms with Crippen molar-refractivity contribution in [2.75, 3.05) is 12.4 Å². The number of aliphatic carboxylic acids is 1. The summed E-state index contributed by atoms with van der Waals surface area (Å²) in [5.74, 6) is -0.519. The molecule has 108 valence electrons. The van der Waals surface area contributed by atoms with Crippen LogP contribution in [-0.4, -0.2) is 24.1 Å². The summed E-state index contributed by atoms with van der Waals surface area (Å²) < 4.78 is 6.08. The van der Waals surface area contributed by atoms with Crippen LogP contribution in [-0.2, 0) is 15.0 Å². The number of carbonyl (C=O) groups is 2. The van der Waals surface area contributed by atoms with E-state index in [1.165, 1.54) is 14.0 Å². The van der Waals surface area contributed by atoms with Gasteiger partial charge in [0.1, 0.15) is 5.75 Å². The van der Waals surface area contributed by atoms with Crippen LogP contribution in [0.5, 0.6) is 5.75 Å². The lowest BCUT2D eigenvalue weighted by Crippen LogP contribution is -2.18. The molecular formula is C14H16BrNO4. The number of carboxylic acid groups (broad SMARTS) is 1. The molecule has 2 rings (SSSR count). The molecule has 1 aliphatic rings. The molecule has 6 heteroatoms. The summed E-state index contributed by atoms with van der Waals surface area (Å²) in [6.45, 7) is 1.42. The summed E-state index contributed by atoms with van der Waals surface area (Å²) in [5.41, 5.74) is 0.958. The van der Waals surface area contributed by atoms with Crippen molar-refractivity contribution in [1.82, 2.24) is 0 Å². The summed E-state index contributed by atoms with van der Waals surface area (Å²) in [4.78, 5) is 22.5. The zero-order chi connectivity index (χ0) is 14.9. The fourth-order valence-corrected chi connectivity index (χ4v) is 3.25. The number of hydrogen-bond donors (Lipinski definition) is 2. The highest BCUT2D eigenvalue weighted by atomic mass is 79.9. The number of halogens is 1. The van der Waals surface area contributed by atoms with Gasteiger partial charge in [0.25, 0.3) is 0 Å². The van der Waals surface area contributed by atoms with E-state index in [4.69, 9.17) is 9.84 Å². The molecule has 1 aromatic rings. The SMILES string of the molecule is COc1ccc(Br)c(C2(CC(=O)O)CC2)c1NC(C)=O. The third kappa shape index (κ3) is 2.80. The number of ether oxygens (including phenoxy) is 1. The molecule has 0 radical (unpaired) electrons. The van der Waals surface area contributed by atoms with Crippen LogP contribution in [0.2, 0.25) is 0 Å². The molecule has 5 nitrogen and oxygen atoms in total. The topological polar surface area (TPSA) is 75.6 Å². The van der Waals surface area contributed by atoms with Crippen molar-refractivity contribution in [3.63, 3.8) is 0 Å². The van der Waals surface area contributed by atoms with E-state index in [1.807, 2.05) is 6.07 Å². The van der Waals surface area contributed by atoms with Crippen molar-refractivity contribution in [2.24, 2.45) is 0 Å². The van der Waals surface area contributed by atoms with Crippen molar-refractivity contribution in [2.45, 2.75) is 31.6 Å². The van der Waals surface area contributed by atoms with Crippen LogP contribution in [0.15, 0.2) is 16.6 Å². The molecule has 0 atom stereocenters. The average molecular weight is 342 g/mol. The number of benzene rings is 1. The molecule has 20 heavy (non-hydrogen) atoms. The minimum atomic E-state index is -0.842. The van der Waals surface area contributed by atoms with E-state index in [2.05, 4.69) is 21.2 Å². The van der Waals surface area contributed by atoms with E-state index < -0.39 is 11.4 Å². The number of rotatable bonds is 5. The first-order chi connectivity index (χ1) is 9.39. The van der Waals surface area contributed by atoms with Crippen LogP contribution < -0.4 is 10.1 Å². The predicted octanol–water partition coefficient (Wildman–Crippen LogP) is 2.92. The number of nitrogens with one attached hydrogen (secondary N) is 1. The first-order valence-electron chi connectivity index (χ1n) is 6.26. The molecule has 0 saturated heterocycles. The lowest BCUT2D eigenvalue weighted by Gasteiger charge is -2.22. The van der Waals surface area contributed by atoms with Gasteiger partial charge in [-0.3, -0.25) is 9.59 Å². The largest absolute Gasteiger partial charge is 0.495 e. The van der Waals surface area contributed by atoms with Gasteiger partial charge in [-0.25, -0.2) is 0 Å². The van der Waals surface area contributed by atoms with E-state index in [9.17, 15) is 9.59 Å². The number of anilines is 1. The quantitative estimate of drug-likeness (QED) is 0.863. The Bertz CT molecular complexity index is 567. The molecule has 0 bridgehead atoms. The Labute approximate surface area is 125 Å². The van der Waals surface area contributed by atoms with Crippen molar-refractivity contribution >= 4 is 33.5 Å². The van der Waals surface area contributed by atoms with Gasteiger partial charge in [0.05, 0.1) is 19.2 Å². The maximum Gasteiger partial charge on any atom is 0.304 e. The van der Waals surface area contributed by atoms with Gasteiger partial charge < -0.3 is 15.2 Å². The predicted molar refractivity (Wildman–Crippen MR) is 78.2 cm³/mol. The molecule has 1 fully saturated rings. The van der Waals surface area contributed by atoms with Gasteiger partial charge in [-0.2, -0.15) is 0 Å². The second kappa shape index (κ2) is 5.44. The van der Waals surface area contributed by atoms with E-state index >= 15 is 0 Å². The Morgan fingerprint density at radius 3 is 2.55 bits per heavy atom. The molecule has 0 unspecified atom stereocenters. The van der Waals surface area contributed by atoms with Gasteiger partial charge in [0.15, 0.2) is 0 Å². The van der Waals surface area contributed by atoms with Crippen molar-refractivity contribution in [3.8, 4) is 5.75 Å². The van der Waals surface area contributed by atoms with Gasteiger partial charge in [-0.05, 0) is 25.0 Å². The molecule has 1 amide bonds. The molecule has 0 aromatic heterocycles. The minimum Gasteiger partial charge on any atom is -0.495 e. The van der Waals surface area contributed by atoms with Crippen LogP contribution in [0.4, 0.5) is 5.69 Å². The van der Waals surface area contributed by atoms with Gasteiger partial charge in [-0.1, -0.05) is 15.9 Å². The van der Waals surface area contributed by atoms with Gasteiger partial charge in [0.2, 0.25) is 5.91 Å². The van der Waals surface area contributed by atoms with E-state index in [0.29, 0.717) is 11.4 Å². The zero-order valence-corrected chi connectivity index (χ0v) is 12.9. The first-order valence-corrected chi connectivity index (χ1v) is 7.05. The van der Waals surface area contributed by atoms with Crippen LogP contribution in [0, 0.1) is 0 Å². The normalized spacial score (nSPS) is 15.6. The molecule has 0 spiro atoms. The Morgan fingerprint density at radius 1 is 1.45 bits per heavy atom. The fraction of sp³-hybridized carbons (Fsp3) is 0.429. The number of hydrogen-bond acceptors (Lipinski definition) is 3. The van der Waals surface area contributed by atoms with Gasteiger partial charge in [-0.15, -0.1) is 0 Å². The lowest BCUT2D eigenvalue weighted by molar-refractivity contribution is -0.137. The Balaban J connectivity index is 2.55. The van der Waals surface area contributed by atoms with Gasteiger partial charge in [0, 0.05) is 22.4 Å². The number of amides is 1. The van der Waals surface area contributed by atoms with Crippen LogP contribution in [0.3, 0.4) is 0 Å². The van der Waals surface area contributed by atoms with Crippen molar-refractivity contribution < 1.29 is 19.4 Å². The molecule has 0 heterocycles. The lowest BCUT2D eigenvalue weighted by atomic mass is 9.90. The van der Waals surface area contributed by atoms with Crippen LogP contribution >= 0.6 is 15.9 Å². The fourth-order valence-electron chi connectivity index (χ4n) is 2.50. The zero-order valence-electron chi connectivity index (χ0n) is 11.3. The second-order valence-corrected chi connectivity index (χ2v) is 5.89. The highest BCUT2D eigenvalue weighted by Gasteiger charge is 2.49. The minimum absolute atomic E-state index is 0.0470. The third-order valence-corrected chi connectivity index (χ3v) is 4.17. The monoisotopic (exact) mass is 341 g/mol. The molecule has 0 aliphatic heterocycles. The molecular weight excluding hydrogens is 326 g/mol. The summed E-state index contributed by atoms with van der Waals surface area (Å²) in [6, 6.07) is 3.57. The van der Waals surface area contributed by atoms with E-state index in [-0.39, 0.29) is 12.3 Å². The Kier molecular flexibility index (Phi) is 4.04. The third-order valence-electron chi connectivity index (χ3n) is 3.51. The molecule has 1 saturated carbocycles. The van der Waals surface area contributed by atoms with Crippen LogP contribution in [0.25, 0.3) is 0 Å². The average Bonchev–Trinajstić information content (AvgIpc) is 3.08. The summed E-state index contributed by atoms with van der Waals surface area (Å²) in [5, 5.41) is 11.9. The van der Waals surface area contributed by atoms with Gasteiger partial charge >= 0.3 is 5.97 Å². The summed E-state index contributed by atoms with van der Waals surface area (Å²) in [6.07, 6.45) is 1.63. The molecule has 1 aliphatic carbocycles. The standard InChI is InChI=1S/C14H16BrNO4/c1-8(17)16-13-10(20-2)4-3-9(15)12(13)14(5-6-14)7-11(18)19/h3-4H,5-7H2,1-2H3,(H,16,17)(H,18,19). The smallest absolute Gasteiger partial charge is 0.304 e. The van der Waals surface area contributed by atoms with E-state index in [0.717, 1.165) is 22.9 Å². The number of carbonyl (C=O) groups excluding carboxylic acids is 1. The summed E-state index contributed by atoms with van der Waals surface area (Å²) in [7, 11) is 1.52. The second-order valence-electron chi connectivity index (χ2n) is 5.03. The highest BCUT2D eigenvalue weighted by Crippen LogP contribution is 2.57. The molecule has 1 aromatic carbocycles.